The number of aromatic nitrogens is 2. The maximum atomic E-state index is 11.5. The molecule has 80 valence electrons. The van der Waals surface area contributed by atoms with Crippen LogP contribution in [0.3, 0.4) is 0 Å². The molecule has 1 N–H and O–H groups in total. The van der Waals surface area contributed by atoms with Gasteiger partial charge in [0.15, 0.2) is 0 Å². The van der Waals surface area contributed by atoms with Gasteiger partial charge in [-0.25, -0.2) is 9.59 Å². The van der Waals surface area contributed by atoms with Gasteiger partial charge < -0.3 is 8.98 Å². The molecule has 0 saturated carbocycles. The monoisotopic (exact) mass is 216 g/mol. The van der Waals surface area contributed by atoms with Crippen LogP contribution in [0.4, 0.5) is 0 Å². The van der Waals surface area contributed by atoms with E-state index in [1.807, 2.05) is 29.9 Å². The van der Waals surface area contributed by atoms with Gasteiger partial charge >= 0.3 is 11.4 Å². The highest BCUT2D eigenvalue weighted by atomic mass is 16.4. The van der Waals surface area contributed by atoms with Crippen LogP contribution in [0.2, 0.25) is 0 Å². The fraction of sp³-hybridized carbons (Fsp3) is 0.0909. The number of benzene rings is 1. The molecule has 5 nitrogen and oxygen atoms in total. The Hall–Kier alpha value is -2.30. The first-order valence-electron chi connectivity index (χ1n) is 4.78. The van der Waals surface area contributed by atoms with Gasteiger partial charge in [-0.2, -0.15) is 0 Å². The van der Waals surface area contributed by atoms with E-state index in [1.165, 1.54) is 0 Å². The van der Waals surface area contributed by atoms with Gasteiger partial charge in [-0.3, -0.25) is 4.98 Å². The standard InChI is InChI=1S/C11H8N2O3/c1-13-5-4-6-8(13)3-2-7-9(6)12-11(15)16-10(7)14/h2-5H,1H3,(H,12,15). The molecule has 0 spiro atoms. The Morgan fingerprint density at radius 2 is 2.00 bits per heavy atom. The lowest BCUT2D eigenvalue weighted by Crippen LogP contribution is -2.14. The number of aryl methyl sites for hydroxylation is 1. The summed E-state index contributed by atoms with van der Waals surface area (Å²) in [6.07, 6.45) is 1.87. The Kier molecular flexibility index (Phi) is 1.60. The molecule has 0 bridgehead atoms. The van der Waals surface area contributed by atoms with Crippen LogP contribution < -0.4 is 11.4 Å². The average Bonchev–Trinajstić information content (AvgIpc) is 2.60. The molecular formula is C11H8N2O3. The fourth-order valence-electron chi connectivity index (χ4n) is 1.92. The van der Waals surface area contributed by atoms with Crippen molar-refractivity contribution in [1.29, 1.82) is 0 Å². The summed E-state index contributed by atoms with van der Waals surface area (Å²) < 4.78 is 6.39. The van der Waals surface area contributed by atoms with Crippen molar-refractivity contribution in [2.45, 2.75) is 0 Å². The van der Waals surface area contributed by atoms with Crippen molar-refractivity contribution in [3.05, 3.63) is 45.4 Å². The molecule has 0 radical (unpaired) electrons. The smallest absolute Gasteiger partial charge is 0.372 e. The van der Waals surface area contributed by atoms with E-state index in [2.05, 4.69) is 9.40 Å². The zero-order valence-electron chi connectivity index (χ0n) is 8.48. The molecule has 1 aromatic carbocycles. The Bertz CT molecular complexity index is 807. The molecule has 0 aliphatic rings. The van der Waals surface area contributed by atoms with Crippen molar-refractivity contribution in [1.82, 2.24) is 9.55 Å². The number of nitrogens with one attached hydrogen (secondary N) is 1. The summed E-state index contributed by atoms with van der Waals surface area (Å²) in [7, 11) is 1.90. The van der Waals surface area contributed by atoms with Gasteiger partial charge in [0, 0.05) is 24.1 Å². The largest absolute Gasteiger partial charge is 0.419 e. The number of aromatic amines is 1. The second-order valence-electron chi connectivity index (χ2n) is 3.65. The first-order chi connectivity index (χ1) is 7.66. The number of nitrogens with zero attached hydrogens (tertiary/aromatic N) is 1. The highest BCUT2D eigenvalue weighted by Gasteiger charge is 2.08. The molecule has 2 heterocycles. The molecule has 0 amide bonds. The quantitative estimate of drug-likeness (QED) is 0.608. The molecular weight excluding hydrogens is 208 g/mol. The third-order valence-electron chi connectivity index (χ3n) is 2.70. The second kappa shape index (κ2) is 2.85. The number of hydrogen-bond acceptors (Lipinski definition) is 3. The van der Waals surface area contributed by atoms with E-state index in [-0.39, 0.29) is 0 Å². The third kappa shape index (κ3) is 1.05. The highest BCUT2D eigenvalue weighted by molar-refractivity contribution is 6.03. The van der Waals surface area contributed by atoms with E-state index in [1.54, 1.807) is 6.07 Å². The van der Waals surface area contributed by atoms with Gasteiger partial charge in [0.25, 0.3) is 0 Å². The van der Waals surface area contributed by atoms with Gasteiger partial charge in [-0.05, 0) is 18.2 Å². The Morgan fingerprint density at radius 3 is 2.81 bits per heavy atom. The minimum absolute atomic E-state index is 0.387. The summed E-state index contributed by atoms with van der Waals surface area (Å²) in [6.45, 7) is 0. The van der Waals surface area contributed by atoms with Crippen molar-refractivity contribution in [3.8, 4) is 0 Å². The third-order valence-corrected chi connectivity index (χ3v) is 2.70. The second-order valence-corrected chi connectivity index (χ2v) is 3.65. The summed E-state index contributed by atoms with van der Waals surface area (Å²) >= 11 is 0. The summed E-state index contributed by atoms with van der Waals surface area (Å²) in [6, 6.07) is 5.33. The Balaban J connectivity index is 2.70. The Morgan fingerprint density at radius 1 is 1.19 bits per heavy atom. The molecule has 0 aliphatic heterocycles. The van der Waals surface area contributed by atoms with Gasteiger partial charge in [0.2, 0.25) is 0 Å². The molecule has 0 aliphatic carbocycles. The van der Waals surface area contributed by atoms with Gasteiger partial charge in [-0.15, -0.1) is 0 Å². The van der Waals surface area contributed by atoms with E-state index >= 15 is 0 Å². The predicted octanol–water partition coefficient (Wildman–Crippen LogP) is 0.973. The van der Waals surface area contributed by atoms with Crippen LogP contribution in [0.1, 0.15) is 0 Å². The van der Waals surface area contributed by atoms with Crippen molar-refractivity contribution < 1.29 is 4.42 Å². The predicted molar refractivity (Wildman–Crippen MR) is 59.6 cm³/mol. The first-order valence-corrected chi connectivity index (χ1v) is 4.78. The van der Waals surface area contributed by atoms with Gasteiger partial charge in [-0.1, -0.05) is 0 Å². The van der Waals surface area contributed by atoms with Crippen LogP contribution in [-0.4, -0.2) is 9.55 Å². The van der Waals surface area contributed by atoms with E-state index in [9.17, 15) is 9.59 Å². The van der Waals surface area contributed by atoms with Crippen LogP contribution >= 0.6 is 0 Å². The van der Waals surface area contributed by atoms with Crippen LogP contribution in [0, 0.1) is 0 Å². The molecule has 3 aromatic rings. The van der Waals surface area contributed by atoms with Gasteiger partial charge in [0.05, 0.1) is 10.9 Å². The summed E-state index contributed by atoms with van der Waals surface area (Å²) in [4.78, 5) is 25.1. The maximum absolute atomic E-state index is 11.5. The number of fused-ring (bicyclic) bond motifs is 3. The maximum Gasteiger partial charge on any atom is 0.419 e. The molecule has 0 atom stereocenters. The average molecular weight is 216 g/mol. The lowest BCUT2D eigenvalue weighted by molar-refractivity contribution is 0.460. The summed E-state index contributed by atoms with van der Waals surface area (Å²) in [5.41, 5.74) is 0.873. The van der Waals surface area contributed by atoms with Crippen molar-refractivity contribution >= 4 is 21.8 Å². The van der Waals surface area contributed by atoms with Crippen LogP contribution in [0.25, 0.3) is 21.8 Å². The van der Waals surface area contributed by atoms with E-state index in [0.29, 0.717) is 10.9 Å². The molecule has 0 fully saturated rings. The summed E-state index contributed by atoms with van der Waals surface area (Å²) in [5, 5.41) is 1.23. The summed E-state index contributed by atoms with van der Waals surface area (Å²) in [5.74, 6) is -0.728. The molecule has 5 heteroatoms. The van der Waals surface area contributed by atoms with E-state index < -0.39 is 11.4 Å². The zero-order chi connectivity index (χ0) is 11.3. The van der Waals surface area contributed by atoms with Gasteiger partial charge in [0.1, 0.15) is 0 Å². The zero-order valence-corrected chi connectivity index (χ0v) is 8.48. The molecule has 0 unspecified atom stereocenters. The van der Waals surface area contributed by atoms with Crippen molar-refractivity contribution in [2.75, 3.05) is 0 Å². The van der Waals surface area contributed by atoms with E-state index in [4.69, 9.17) is 0 Å². The number of H-pyrrole nitrogens is 1. The van der Waals surface area contributed by atoms with Crippen molar-refractivity contribution in [2.24, 2.45) is 7.05 Å². The Labute approximate surface area is 88.9 Å². The lowest BCUT2D eigenvalue weighted by atomic mass is 10.2. The molecule has 0 saturated heterocycles. The molecule has 2 aromatic heterocycles. The molecule has 3 rings (SSSR count). The van der Waals surface area contributed by atoms with Crippen LogP contribution in [-0.2, 0) is 7.05 Å². The fourth-order valence-corrected chi connectivity index (χ4v) is 1.92. The number of hydrogen-bond donors (Lipinski definition) is 1. The minimum atomic E-state index is -0.728. The lowest BCUT2D eigenvalue weighted by Gasteiger charge is -1.99. The topological polar surface area (TPSA) is 68.0 Å². The van der Waals surface area contributed by atoms with Crippen LogP contribution in [0.15, 0.2) is 38.4 Å². The van der Waals surface area contributed by atoms with Crippen molar-refractivity contribution in [3.63, 3.8) is 0 Å². The van der Waals surface area contributed by atoms with Crippen LogP contribution in [0.5, 0.6) is 0 Å². The number of rotatable bonds is 0. The minimum Gasteiger partial charge on any atom is -0.372 e. The van der Waals surface area contributed by atoms with E-state index in [0.717, 1.165) is 10.9 Å². The molecule has 16 heavy (non-hydrogen) atoms. The normalized spacial score (nSPS) is 11.3. The first kappa shape index (κ1) is 8.96. The SMILES string of the molecule is Cn1ccc2c3[nH]c(=O)oc(=O)c3ccc21. The highest BCUT2D eigenvalue weighted by Crippen LogP contribution is 2.21.